The summed E-state index contributed by atoms with van der Waals surface area (Å²) in [5, 5.41) is 19.6. The Labute approximate surface area is 119 Å². The highest BCUT2D eigenvalue weighted by molar-refractivity contribution is 5.92. The minimum atomic E-state index is -0.635. The first kappa shape index (κ1) is 14.0. The van der Waals surface area contributed by atoms with Gasteiger partial charge in [0.25, 0.3) is 5.69 Å². The van der Waals surface area contributed by atoms with E-state index in [4.69, 9.17) is 15.7 Å². The molecule has 0 unspecified atom stereocenters. The van der Waals surface area contributed by atoms with Crippen LogP contribution in [0, 0.1) is 21.4 Å². The SMILES string of the molecule is N#Cc1cc(Oc2ccc(C(N)=O)cc2)ccc1[N+](=O)[O-]. The van der Waals surface area contributed by atoms with Crippen LogP contribution in [0.4, 0.5) is 5.69 Å². The highest BCUT2D eigenvalue weighted by atomic mass is 16.6. The average Bonchev–Trinajstić information content (AvgIpc) is 2.47. The van der Waals surface area contributed by atoms with Crippen molar-refractivity contribution in [2.24, 2.45) is 5.73 Å². The average molecular weight is 283 g/mol. The lowest BCUT2D eigenvalue weighted by atomic mass is 10.2. The third kappa shape index (κ3) is 3.13. The zero-order valence-corrected chi connectivity index (χ0v) is 10.6. The number of hydrogen-bond donors (Lipinski definition) is 1. The van der Waals surface area contributed by atoms with Gasteiger partial charge in [-0.25, -0.2) is 0 Å². The maximum Gasteiger partial charge on any atom is 0.287 e. The maximum absolute atomic E-state index is 10.9. The molecular weight excluding hydrogens is 274 g/mol. The van der Waals surface area contributed by atoms with Gasteiger partial charge in [-0.3, -0.25) is 14.9 Å². The highest BCUT2D eigenvalue weighted by Crippen LogP contribution is 2.27. The molecule has 7 heteroatoms. The first-order chi connectivity index (χ1) is 10.0. The van der Waals surface area contributed by atoms with Crippen molar-refractivity contribution in [3.05, 3.63) is 63.7 Å². The third-order valence-corrected chi connectivity index (χ3v) is 2.66. The van der Waals surface area contributed by atoms with Crippen LogP contribution in [-0.2, 0) is 0 Å². The molecule has 104 valence electrons. The third-order valence-electron chi connectivity index (χ3n) is 2.66. The van der Waals surface area contributed by atoms with Crippen molar-refractivity contribution >= 4 is 11.6 Å². The topological polar surface area (TPSA) is 119 Å². The minimum Gasteiger partial charge on any atom is -0.457 e. The van der Waals surface area contributed by atoms with E-state index < -0.39 is 10.8 Å². The summed E-state index contributed by atoms with van der Waals surface area (Å²) in [6, 6.07) is 11.7. The van der Waals surface area contributed by atoms with Gasteiger partial charge in [-0.15, -0.1) is 0 Å². The summed E-state index contributed by atoms with van der Waals surface area (Å²) in [7, 11) is 0. The molecule has 0 saturated carbocycles. The van der Waals surface area contributed by atoms with Crippen molar-refractivity contribution in [3.63, 3.8) is 0 Å². The number of ether oxygens (including phenoxy) is 1. The summed E-state index contributed by atoms with van der Waals surface area (Å²) in [5.41, 5.74) is 5.08. The number of nitro groups is 1. The summed E-state index contributed by atoms with van der Waals surface area (Å²) in [6.45, 7) is 0. The van der Waals surface area contributed by atoms with E-state index >= 15 is 0 Å². The predicted molar refractivity (Wildman–Crippen MR) is 72.8 cm³/mol. The van der Waals surface area contributed by atoms with Crippen LogP contribution in [-0.4, -0.2) is 10.8 Å². The molecule has 0 aliphatic heterocycles. The maximum atomic E-state index is 10.9. The number of rotatable bonds is 4. The van der Waals surface area contributed by atoms with Gasteiger partial charge < -0.3 is 10.5 Å². The smallest absolute Gasteiger partial charge is 0.287 e. The lowest BCUT2D eigenvalue weighted by Crippen LogP contribution is -2.10. The number of amides is 1. The van der Waals surface area contributed by atoms with Crippen molar-refractivity contribution in [2.75, 3.05) is 0 Å². The number of nitrogens with zero attached hydrogens (tertiary/aromatic N) is 2. The van der Waals surface area contributed by atoms with E-state index in [0.717, 1.165) is 0 Å². The number of carbonyl (C=O) groups is 1. The van der Waals surface area contributed by atoms with E-state index in [1.54, 1.807) is 6.07 Å². The molecule has 0 spiro atoms. The Kier molecular flexibility index (Phi) is 3.81. The molecule has 0 bridgehead atoms. The molecule has 1 amide bonds. The van der Waals surface area contributed by atoms with E-state index in [0.29, 0.717) is 11.3 Å². The fourth-order valence-corrected chi connectivity index (χ4v) is 1.65. The Hall–Kier alpha value is -3.40. The second-order valence-electron chi connectivity index (χ2n) is 4.04. The van der Waals surface area contributed by atoms with Crippen LogP contribution >= 0.6 is 0 Å². The quantitative estimate of drug-likeness (QED) is 0.682. The van der Waals surface area contributed by atoms with Crippen molar-refractivity contribution in [3.8, 4) is 17.6 Å². The molecule has 7 nitrogen and oxygen atoms in total. The molecule has 0 aliphatic rings. The number of nitro benzene ring substituents is 1. The number of primary amides is 1. The molecule has 2 N–H and O–H groups in total. The van der Waals surface area contributed by atoms with Crippen LogP contribution < -0.4 is 10.5 Å². The number of nitriles is 1. The highest BCUT2D eigenvalue weighted by Gasteiger charge is 2.14. The molecule has 0 fully saturated rings. The molecule has 0 heterocycles. The lowest BCUT2D eigenvalue weighted by Gasteiger charge is -2.06. The Morgan fingerprint density at radius 3 is 2.33 bits per heavy atom. The number of benzene rings is 2. The van der Waals surface area contributed by atoms with Crippen LogP contribution in [0.5, 0.6) is 11.5 Å². The summed E-state index contributed by atoms with van der Waals surface area (Å²) < 4.78 is 5.46. The molecule has 0 radical (unpaired) electrons. The van der Waals surface area contributed by atoms with E-state index in [1.165, 1.54) is 42.5 Å². The van der Waals surface area contributed by atoms with E-state index in [-0.39, 0.29) is 17.0 Å². The molecule has 0 aromatic heterocycles. The number of carbonyl (C=O) groups excluding carboxylic acids is 1. The molecule has 2 rings (SSSR count). The second kappa shape index (κ2) is 5.71. The molecule has 2 aromatic rings. The second-order valence-corrected chi connectivity index (χ2v) is 4.04. The standard InChI is InChI=1S/C14H9N3O4/c15-8-10-7-12(5-6-13(10)17(19)20)21-11-3-1-9(2-4-11)14(16)18/h1-7H,(H2,16,18). The van der Waals surface area contributed by atoms with Gasteiger partial charge in [-0.1, -0.05) is 0 Å². The number of nitrogens with two attached hydrogens (primary N) is 1. The fourth-order valence-electron chi connectivity index (χ4n) is 1.65. The van der Waals surface area contributed by atoms with Crippen LogP contribution in [0.15, 0.2) is 42.5 Å². The van der Waals surface area contributed by atoms with Crippen molar-refractivity contribution in [1.29, 1.82) is 5.26 Å². The van der Waals surface area contributed by atoms with Gasteiger partial charge in [0.05, 0.1) is 4.92 Å². The summed E-state index contributed by atoms with van der Waals surface area (Å²) in [4.78, 5) is 21.0. The first-order valence-corrected chi connectivity index (χ1v) is 5.77. The van der Waals surface area contributed by atoms with E-state index in [9.17, 15) is 14.9 Å². The minimum absolute atomic E-state index is 0.0914. The van der Waals surface area contributed by atoms with Gasteiger partial charge in [-0.05, 0) is 30.3 Å². The van der Waals surface area contributed by atoms with Gasteiger partial charge in [0.2, 0.25) is 5.91 Å². The largest absolute Gasteiger partial charge is 0.457 e. The molecule has 21 heavy (non-hydrogen) atoms. The van der Waals surface area contributed by atoms with Crippen molar-refractivity contribution < 1.29 is 14.5 Å². The Morgan fingerprint density at radius 2 is 1.81 bits per heavy atom. The molecule has 0 aliphatic carbocycles. The van der Waals surface area contributed by atoms with Crippen molar-refractivity contribution in [2.45, 2.75) is 0 Å². The molecule has 0 saturated heterocycles. The van der Waals surface area contributed by atoms with Crippen LogP contribution in [0.1, 0.15) is 15.9 Å². The van der Waals surface area contributed by atoms with Gasteiger partial charge in [0, 0.05) is 17.7 Å². The summed E-state index contributed by atoms with van der Waals surface area (Å²) in [5.74, 6) is 0.144. The predicted octanol–water partition coefficient (Wildman–Crippen LogP) is 2.36. The van der Waals surface area contributed by atoms with E-state index in [2.05, 4.69) is 0 Å². The summed E-state index contributed by atoms with van der Waals surface area (Å²) in [6.07, 6.45) is 0. The zero-order chi connectivity index (χ0) is 15.4. The molecule has 0 atom stereocenters. The fraction of sp³-hybridized carbons (Fsp3) is 0. The number of hydrogen-bond acceptors (Lipinski definition) is 5. The van der Waals surface area contributed by atoms with Crippen LogP contribution in [0.3, 0.4) is 0 Å². The molecule has 2 aromatic carbocycles. The Bertz CT molecular complexity index is 748. The summed E-state index contributed by atoms with van der Waals surface area (Å²) >= 11 is 0. The van der Waals surface area contributed by atoms with Crippen molar-refractivity contribution in [1.82, 2.24) is 0 Å². The van der Waals surface area contributed by atoms with Crippen LogP contribution in [0.25, 0.3) is 0 Å². The molecular formula is C14H9N3O4. The van der Waals surface area contributed by atoms with Gasteiger partial charge in [-0.2, -0.15) is 5.26 Å². The van der Waals surface area contributed by atoms with Gasteiger partial charge >= 0.3 is 0 Å². The lowest BCUT2D eigenvalue weighted by molar-refractivity contribution is -0.385. The van der Waals surface area contributed by atoms with E-state index in [1.807, 2.05) is 0 Å². The first-order valence-electron chi connectivity index (χ1n) is 5.77. The monoisotopic (exact) mass is 283 g/mol. The van der Waals surface area contributed by atoms with Crippen LogP contribution in [0.2, 0.25) is 0 Å². The van der Waals surface area contributed by atoms with Gasteiger partial charge in [0.1, 0.15) is 23.1 Å². The zero-order valence-electron chi connectivity index (χ0n) is 10.6. The Balaban J connectivity index is 2.26. The normalized spacial score (nSPS) is 9.67. The van der Waals surface area contributed by atoms with Gasteiger partial charge in [0.15, 0.2) is 0 Å². The Morgan fingerprint density at radius 1 is 1.19 bits per heavy atom.